The van der Waals surface area contributed by atoms with Gasteiger partial charge in [0.05, 0.1) is 12.1 Å². The van der Waals surface area contributed by atoms with Gasteiger partial charge in [0.25, 0.3) is 0 Å². The molecule has 0 saturated carbocycles. The zero-order valence-electron chi connectivity index (χ0n) is 16.3. The van der Waals surface area contributed by atoms with Crippen LogP contribution in [0.3, 0.4) is 0 Å². The molecule has 28 heavy (non-hydrogen) atoms. The second-order valence-electron chi connectivity index (χ2n) is 7.07. The zero-order chi connectivity index (χ0) is 19.5. The van der Waals surface area contributed by atoms with E-state index in [9.17, 15) is 4.79 Å². The zero-order valence-corrected chi connectivity index (χ0v) is 17.1. The summed E-state index contributed by atoms with van der Waals surface area (Å²) < 4.78 is 1.98. The van der Waals surface area contributed by atoms with Crippen LogP contribution in [0.1, 0.15) is 30.0 Å². The van der Waals surface area contributed by atoms with E-state index in [4.69, 9.17) is 4.98 Å². The summed E-state index contributed by atoms with van der Waals surface area (Å²) in [5.74, 6) is 1.02. The molecule has 146 valence electrons. The van der Waals surface area contributed by atoms with E-state index in [1.165, 1.54) is 5.56 Å². The molecule has 1 atom stereocenters. The first-order chi connectivity index (χ1) is 13.7. The fraction of sp³-hybridized carbons (Fsp3) is 0.381. The Hall–Kier alpha value is -2.51. The van der Waals surface area contributed by atoms with E-state index < -0.39 is 0 Å². The average molecular weight is 396 g/mol. The number of thiazole rings is 1. The van der Waals surface area contributed by atoms with Gasteiger partial charge >= 0.3 is 0 Å². The molecular formula is C21H25N5OS. The smallest absolute Gasteiger partial charge is 0.229 e. The van der Waals surface area contributed by atoms with Gasteiger partial charge in [-0.25, -0.2) is 9.97 Å². The molecule has 1 aliphatic rings. The molecule has 1 N–H and O–H groups in total. The minimum atomic E-state index is -0.0408. The van der Waals surface area contributed by atoms with E-state index in [0.29, 0.717) is 13.0 Å². The van der Waals surface area contributed by atoms with Gasteiger partial charge in [0.2, 0.25) is 5.91 Å². The van der Waals surface area contributed by atoms with Crippen LogP contribution >= 0.6 is 11.3 Å². The third kappa shape index (κ3) is 3.86. The lowest BCUT2D eigenvalue weighted by atomic mass is 10.1. The highest BCUT2D eigenvalue weighted by atomic mass is 32.1. The number of carbonyl (C=O) groups excluding carboxylic acids is 1. The van der Waals surface area contributed by atoms with Crippen molar-refractivity contribution in [3.05, 3.63) is 59.1 Å². The Balaban J connectivity index is 1.48. The molecule has 0 aliphatic carbocycles. The number of nitrogens with one attached hydrogen (secondary N) is 1. The van der Waals surface area contributed by atoms with E-state index in [2.05, 4.69) is 41.5 Å². The summed E-state index contributed by atoms with van der Waals surface area (Å²) in [6.07, 6.45) is 5.05. The summed E-state index contributed by atoms with van der Waals surface area (Å²) in [6, 6.07) is 8.45. The molecule has 3 heterocycles. The van der Waals surface area contributed by atoms with Crippen molar-refractivity contribution >= 4 is 17.2 Å². The second kappa shape index (κ2) is 8.24. The summed E-state index contributed by atoms with van der Waals surface area (Å²) in [6.45, 7) is 4.36. The van der Waals surface area contributed by atoms with Gasteiger partial charge in [-0.15, -0.1) is 11.3 Å². The van der Waals surface area contributed by atoms with E-state index in [0.717, 1.165) is 41.6 Å². The number of hydrogen-bond acceptors (Lipinski definition) is 5. The lowest BCUT2D eigenvalue weighted by molar-refractivity contribution is -0.134. The van der Waals surface area contributed by atoms with Crippen LogP contribution in [0.4, 0.5) is 0 Å². The molecule has 1 aliphatic heterocycles. The quantitative estimate of drug-likeness (QED) is 0.722. The van der Waals surface area contributed by atoms with E-state index >= 15 is 0 Å². The lowest BCUT2D eigenvalue weighted by Crippen LogP contribution is -2.49. The highest BCUT2D eigenvalue weighted by Crippen LogP contribution is 2.26. The number of nitrogens with zero attached hydrogens (tertiary/aromatic N) is 4. The Bertz CT molecular complexity index is 946. The fourth-order valence-electron chi connectivity index (χ4n) is 3.59. The average Bonchev–Trinajstić information content (AvgIpc) is 3.37. The molecule has 1 unspecified atom stereocenters. The first-order valence-electron chi connectivity index (χ1n) is 9.67. The lowest BCUT2D eigenvalue weighted by Gasteiger charge is -2.35. The Labute approximate surface area is 169 Å². The number of amides is 1. The molecule has 6 nitrogen and oxygen atoms in total. The van der Waals surface area contributed by atoms with Crippen molar-refractivity contribution in [3.63, 3.8) is 0 Å². The first-order valence-corrected chi connectivity index (χ1v) is 10.5. The molecule has 1 aromatic carbocycles. The minimum Gasteiger partial charge on any atom is -0.336 e. The van der Waals surface area contributed by atoms with Gasteiger partial charge in [0.15, 0.2) is 0 Å². The number of aryl methyl sites for hydroxylation is 2. The Morgan fingerprint density at radius 2 is 2.14 bits per heavy atom. The number of piperazine rings is 1. The minimum absolute atomic E-state index is 0.0408. The molecule has 4 rings (SSSR count). The van der Waals surface area contributed by atoms with Crippen molar-refractivity contribution in [2.24, 2.45) is 7.05 Å². The Kier molecular flexibility index (Phi) is 5.54. The summed E-state index contributed by atoms with van der Waals surface area (Å²) >= 11 is 1.60. The Morgan fingerprint density at radius 1 is 1.32 bits per heavy atom. The highest BCUT2D eigenvalue weighted by Gasteiger charge is 2.30. The third-order valence-electron chi connectivity index (χ3n) is 5.21. The van der Waals surface area contributed by atoms with Gasteiger partial charge in [-0.05, 0) is 12.0 Å². The van der Waals surface area contributed by atoms with Crippen LogP contribution in [0.5, 0.6) is 0 Å². The molecule has 0 bridgehead atoms. The van der Waals surface area contributed by atoms with Gasteiger partial charge in [-0.2, -0.15) is 0 Å². The van der Waals surface area contributed by atoms with Crippen molar-refractivity contribution in [2.75, 3.05) is 19.6 Å². The molecule has 1 amide bonds. The van der Waals surface area contributed by atoms with Crippen molar-refractivity contribution in [1.29, 1.82) is 0 Å². The van der Waals surface area contributed by atoms with Crippen LogP contribution in [0.2, 0.25) is 0 Å². The maximum Gasteiger partial charge on any atom is 0.229 e. The van der Waals surface area contributed by atoms with Crippen molar-refractivity contribution in [1.82, 2.24) is 24.8 Å². The monoisotopic (exact) mass is 395 g/mol. The summed E-state index contributed by atoms with van der Waals surface area (Å²) in [5.41, 5.74) is 3.25. The van der Waals surface area contributed by atoms with Crippen LogP contribution in [0, 0.1) is 0 Å². The fourth-order valence-corrected chi connectivity index (χ4v) is 4.42. The number of imidazole rings is 1. The molecular weight excluding hydrogens is 370 g/mol. The summed E-state index contributed by atoms with van der Waals surface area (Å²) in [7, 11) is 1.97. The van der Waals surface area contributed by atoms with Gasteiger partial charge < -0.3 is 14.8 Å². The topological polar surface area (TPSA) is 63.1 Å². The molecule has 3 aromatic rings. The number of hydrogen-bond donors (Lipinski definition) is 1. The van der Waals surface area contributed by atoms with Gasteiger partial charge in [-0.1, -0.05) is 31.2 Å². The standard InChI is InChI=1S/C21H25N5OS/c1-3-15-4-6-16(7-5-15)21-24-17(14-28-21)12-19(27)26-11-8-22-13-18(26)20-23-9-10-25(20)2/h4-7,9-10,14,18,22H,3,8,11-13H2,1-2H3. The first kappa shape index (κ1) is 18.8. The SMILES string of the molecule is CCc1ccc(-c2nc(CC(=O)N3CCNCC3c3nccn3C)cs2)cc1. The summed E-state index contributed by atoms with van der Waals surface area (Å²) in [4.78, 5) is 24.1. The van der Waals surface area contributed by atoms with Gasteiger partial charge in [0.1, 0.15) is 16.9 Å². The number of carbonyl (C=O) groups is 1. The van der Waals surface area contributed by atoms with Crippen LogP contribution in [0.25, 0.3) is 10.6 Å². The Morgan fingerprint density at radius 3 is 2.86 bits per heavy atom. The van der Waals surface area contributed by atoms with E-state index in [1.807, 2.05) is 28.1 Å². The maximum absolute atomic E-state index is 13.0. The van der Waals surface area contributed by atoms with Crippen molar-refractivity contribution in [3.8, 4) is 10.6 Å². The molecule has 1 saturated heterocycles. The van der Waals surface area contributed by atoms with Crippen LogP contribution in [-0.2, 0) is 24.7 Å². The number of rotatable bonds is 5. The molecule has 1 fully saturated rings. The molecule has 0 spiro atoms. The summed E-state index contributed by atoms with van der Waals surface area (Å²) in [5, 5.41) is 6.34. The molecule has 7 heteroatoms. The molecule has 2 aromatic heterocycles. The second-order valence-corrected chi connectivity index (χ2v) is 7.93. The highest BCUT2D eigenvalue weighted by molar-refractivity contribution is 7.13. The maximum atomic E-state index is 13.0. The predicted molar refractivity (Wildman–Crippen MR) is 111 cm³/mol. The largest absolute Gasteiger partial charge is 0.336 e. The molecule has 0 radical (unpaired) electrons. The van der Waals surface area contributed by atoms with E-state index in [1.54, 1.807) is 17.5 Å². The third-order valence-corrected chi connectivity index (χ3v) is 6.15. The van der Waals surface area contributed by atoms with Crippen LogP contribution in [-0.4, -0.2) is 45.0 Å². The number of aromatic nitrogens is 3. The van der Waals surface area contributed by atoms with E-state index in [-0.39, 0.29) is 11.9 Å². The number of benzene rings is 1. The van der Waals surface area contributed by atoms with Crippen LogP contribution in [0.15, 0.2) is 42.0 Å². The van der Waals surface area contributed by atoms with Crippen LogP contribution < -0.4 is 5.32 Å². The van der Waals surface area contributed by atoms with Gasteiger partial charge in [-0.3, -0.25) is 4.79 Å². The normalized spacial score (nSPS) is 17.1. The predicted octanol–water partition coefficient (Wildman–Crippen LogP) is 2.82. The van der Waals surface area contributed by atoms with Crippen molar-refractivity contribution < 1.29 is 4.79 Å². The van der Waals surface area contributed by atoms with Crippen molar-refractivity contribution in [2.45, 2.75) is 25.8 Å². The van der Waals surface area contributed by atoms with Gasteiger partial charge in [0, 0.05) is 50.0 Å².